The first-order chi connectivity index (χ1) is 19.7. The standard InChI is InChI=1S/C34H29N5O/c1-35-29-16-12-26(13-17-29)23-38-31-10-3-4-11-32(31)39(24-28-8-5-7-27-9-6-21-36-33(27)28)34(38)37-22-20-25-14-18-30(40-2)19-15-25/h3-19,21H,20,22-24H2,2H3/b37-34+. The number of pyridine rings is 1. The van der Waals surface area contributed by atoms with Crippen molar-refractivity contribution in [2.75, 3.05) is 13.7 Å². The molecule has 4 aromatic carbocycles. The Morgan fingerprint density at radius 2 is 1.48 bits per heavy atom. The van der Waals surface area contributed by atoms with Crippen molar-refractivity contribution in [3.05, 3.63) is 143 Å². The minimum atomic E-state index is 0.643. The summed E-state index contributed by atoms with van der Waals surface area (Å²) in [6.07, 6.45) is 2.67. The zero-order valence-corrected chi connectivity index (χ0v) is 22.4. The van der Waals surface area contributed by atoms with Gasteiger partial charge in [0.1, 0.15) is 5.75 Å². The van der Waals surface area contributed by atoms with Crippen molar-refractivity contribution in [2.45, 2.75) is 19.5 Å². The van der Waals surface area contributed by atoms with Crippen LogP contribution in [0.4, 0.5) is 5.69 Å². The molecule has 40 heavy (non-hydrogen) atoms. The number of hydrogen-bond donors (Lipinski definition) is 0. The van der Waals surface area contributed by atoms with Crippen LogP contribution in [0, 0.1) is 6.57 Å². The Bertz CT molecular complexity index is 1890. The van der Waals surface area contributed by atoms with Crippen LogP contribution in [-0.2, 0) is 19.5 Å². The zero-order chi connectivity index (χ0) is 27.3. The third-order valence-corrected chi connectivity index (χ3v) is 7.21. The molecular weight excluding hydrogens is 494 g/mol. The summed E-state index contributed by atoms with van der Waals surface area (Å²) in [4.78, 5) is 13.5. The third kappa shape index (κ3) is 5.10. The van der Waals surface area contributed by atoms with Crippen LogP contribution in [0.15, 0.2) is 114 Å². The average Bonchev–Trinajstić information content (AvgIpc) is 3.29. The van der Waals surface area contributed by atoms with E-state index in [4.69, 9.17) is 21.3 Å². The van der Waals surface area contributed by atoms with E-state index < -0.39 is 0 Å². The Kier molecular flexibility index (Phi) is 7.11. The molecule has 6 heteroatoms. The van der Waals surface area contributed by atoms with E-state index in [0.717, 1.165) is 50.9 Å². The van der Waals surface area contributed by atoms with Crippen molar-refractivity contribution >= 4 is 27.6 Å². The number of imidazole rings is 1. The van der Waals surface area contributed by atoms with Crippen LogP contribution in [0.3, 0.4) is 0 Å². The van der Waals surface area contributed by atoms with E-state index in [9.17, 15) is 0 Å². The third-order valence-electron chi connectivity index (χ3n) is 7.21. The van der Waals surface area contributed by atoms with Crippen LogP contribution in [0.1, 0.15) is 16.7 Å². The number of para-hydroxylation sites is 3. The van der Waals surface area contributed by atoms with Crippen LogP contribution < -0.4 is 10.4 Å². The van der Waals surface area contributed by atoms with Gasteiger partial charge in [-0.15, -0.1) is 0 Å². The molecule has 0 aliphatic carbocycles. The smallest absolute Gasteiger partial charge is 0.206 e. The summed E-state index contributed by atoms with van der Waals surface area (Å²) in [5.74, 6) is 0.853. The second-order valence-electron chi connectivity index (χ2n) is 9.71. The molecule has 0 radical (unpaired) electrons. The second-order valence-corrected chi connectivity index (χ2v) is 9.71. The van der Waals surface area contributed by atoms with Crippen LogP contribution in [0.25, 0.3) is 26.8 Å². The molecular formula is C34H29N5O. The lowest BCUT2D eigenvalue weighted by Crippen LogP contribution is -2.28. The van der Waals surface area contributed by atoms with Crippen LogP contribution in [0.2, 0.25) is 0 Å². The van der Waals surface area contributed by atoms with Crippen molar-refractivity contribution in [1.29, 1.82) is 0 Å². The van der Waals surface area contributed by atoms with Crippen LogP contribution in [-0.4, -0.2) is 27.8 Å². The summed E-state index contributed by atoms with van der Waals surface area (Å²) in [6, 6.07) is 34.9. The monoisotopic (exact) mass is 523 g/mol. The van der Waals surface area contributed by atoms with Gasteiger partial charge in [0.2, 0.25) is 5.62 Å². The zero-order valence-electron chi connectivity index (χ0n) is 22.4. The first-order valence-corrected chi connectivity index (χ1v) is 13.3. The maximum absolute atomic E-state index is 7.30. The number of ether oxygens (including phenoxy) is 1. The predicted molar refractivity (Wildman–Crippen MR) is 160 cm³/mol. The lowest BCUT2D eigenvalue weighted by molar-refractivity contribution is 0.414. The highest BCUT2D eigenvalue weighted by Crippen LogP contribution is 2.21. The second kappa shape index (κ2) is 11.3. The van der Waals surface area contributed by atoms with E-state index in [1.165, 1.54) is 5.56 Å². The molecule has 0 saturated carbocycles. The predicted octanol–water partition coefficient (Wildman–Crippen LogP) is 6.79. The van der Waals surface area contributed by atoms with Crippen molar-refractivity contribution < 1.29 is 4.74 Å². The van der Waals surface area contributed by atoms with Crippen molar-refractivity contribution in [3.8, 4) is 5.75 Å². The molecule has 0 N–H and O–H groups in total. The minimum absolute atomic E-state index is 0.643. The molecule has 6 nitrogen and oxygen atoms in total. The highest BCUT2D eigenvalue weighted by molar-refractivity contribution is 5.82. The van der Waals surface area contributed by atoms with Crippen molar-refractivity contribution in [1.82, 2.24) is 14.1 Å². The van der Waals surface area contributed by atoms with Crippen LogP contribution >= 0.6 is 0 Å². The molecule has 0 spiro atoms. The number of benzene rings is 4. The van der Waals surface area contributed by atoms with E-state index in [1.807, 2.05) is 48.7 Å². The maximum Gasteiger partial charge on any atom is 0.206 e. The molecule has 0 fully saturated rings. The van der Waals surface area contributed by atoms with E-state index in [0.29, 0.717) is 25.3 Å². The number of rotatable bonds is 8. The molecule has 2 aromatic heterocycles. The van der Waals surface area contributed by atoms with Crippen LogP contribution in [0.5, 0.6) is 5.75 Å². The van der Waals surface area contributed by atoms with Crippen molar-refractivity contribution in [3.63, 3.8) is 0 Å². The summed E-state index contributed by atoms with van der Waals surface area (Å²) < 4.78 is 9.91. The number of hydrogen-bond acceptors (Lipinski definition) is 3. The van der Waals surface area contributed by atoms with E-state index in [2.05, 4.69) is 74.6 Å². The molecule has 0 atom stereocenters. The van der Waals surface area contributed by atoms with Gasteiger partial charge >= 0.3 is 0 Å². The van der Waals surface area contributed by atoms with Gasteiger partial charge in [-0.1, -0.05) is 72.8 Å². The number of fused-ring (bicyclic) bond motifs is 2. The molecule has 2 heterocycles. The maximum atomic E-state index is 7.30. The molecule has 0 amide bonds. The van der Waals surface area contributed by atoms with Gasteiger partial charge in [0.25, 0.3) is 0 Å². The number of methoxy groups -OCH3 is 1. The van der Waals surface area contributed by atoms with Gasteiger partial charge in [-0.05, 0) is 53.4 Å². The minimum Gasteiger partial charge on any atom is -0.497 e. The molecule has 0 aliphatic heterocycles. The number of aromatic nitrogens is 3. The lowest BCUT2D eigenvalue weighted by atomic mass is 10.1. The summed E-state index contributed by atoms with van der Waals surface area (Å²) >= 11 is 0. The molecule has 6 rings (SSSR count). The van der Waals surface area contributed by atoms with Gasteiger partial charge in [0.05, 0.1) is 43.3 Å². The topological polar surface area (TPSA) is 48.7 Å². The van der Waals surface area contributed by atoms with E-state index in [-0.39, 0.29) is 0 Å². The first-order valence-electron chi connectivity index (χ1n) is 13.3. The van der Waals surface area contributed by atoms with Gasteiger partial charge < -0.3 is 13.9 Å². The fourth-order valence-electron chi connectivity index (χ4n) is 5.17. The quantitative estimate of drug-likeness (QED) is 0.206. The first kappa shape index (κ1) is 25.1. The van der Waals surface area contributed by atoms with E-state index >= 15 is 0 Å². The summed E-state index contributed by atoms with van der Waals surface area (Å²) in [7, 11) is 1.68. The number of nitrogens with zero attached hydrogens (tertiary/aromatic N) is 5. The largest absolute Gasteiger partial charge is 0.497 e. The fraction of sp³-hybridized carbons (Fsp3) is 0.147. The Morgan fingerprint density at radius 1 is 0.775 bits per heavy atom. The Balaban J connectivity index is 1.46. The van der Waals surface area contributed by atoms with Gasteiger partial charge in [0.15, 0.2) is 5.69 Å². The molecule has 0 bridgehead atoms. The molecule has 196 valence electrons. The SMILES string of the molecule is [C-]#[N+]c1ccc(Cn2/c(=N\CCc3ccc(OC)cc3)n(Cc3cccc4cccnc34)c3ccccc32)cc1. The van der Waals surface area contributed by atoms with Gasteiger partial charge in [0, 0.05) is 18.1 Å². The Labute approximate surface area is 233 Å². The van der Waals surface area contributed by atoms with Gasteiger partial charge in [-0.3, -0.25) is 9.98 Å². The molecule has 6 aromatic rings. The van der Waals surface area contributed by atoms with Gasteiger partial charge in [-0.25, -0.2) is 4.85 Å². The molecule has 0 saturated heterocycles. The summed E-state index contributed by atoms with van der Waals surface area (Å²) in [5.41, 5.74) is 8.29. The van der Waals surface area contributed by atoms with Crippen molar-refractivity contribution in [2.24, 2.45) is 4.99 Å². The Hall–Kier alpha value is -5.15. The lowest BCUT2D eigenvalue weighted by Gasteiger charge is -2.10. The van der Waals surface area contributed by atoms with E-state index in [1.54, 1.807) is 7.11 Å². The average molecular weight is 524 g/mol. The summed E-state index contributed by atoms with van der Waals surface area (Å²) in [5, 5.41) is 1.13. The molecule has 0 aliphatic rings. The highest BCUT2D eigenvalue weighted by Gasteiger charge is 2.14. The van der Waals surface area contributed by atoms with Gasteiger partial charge in [-0.2, -0.15) is 0 Å². The fourth-order valence-corrected chi connectivity index (χ4v) is 5.17. The highest BCUT2D eigenvalue weighted by atomic mass is 16.5. The normalized spacial score (nSPS) is 11.7. The Morgan fingerprint density at radius 3 is 2.20 bits per heavy atom. The summed E-state index contributed by atoms with van der Waals surface area (Å²) in [6.45, 7) is 9.26. The molecule has 0 unspecified atom stereocenters.